The summed E-state index contributed by atoms with van der Waals surface area (Å²) < 4.78 is 38.3. The van der Waals surface area contributed by atoms with Gasteiger partial charge in [-0.1, -0.05) is 26.5 Å². The van der Waals surface area contributed by atoms with E-state index in [0.717, 1.165) is 0 Å². The number of amides is 1. The molecule has 1 aromatic carbocycles. The van der Waals surface area contributed by atoms with Crippen molar-refractivity contribution in [3.63, 3.8) is 0 Å². The Labute approximate surface area is 226 Å². The molecule has 4 aromatic heterocycles. The minimum atomic E-state index is -0.815. The van der Waals surface area contributed by atoms with Crippen molar-refractivity contribution in [1.29, 1.82) is 0 Å². The smallest absolute Gasteiger partial charge is 0.356 e. The first-order valence-electron chi connectivity index (χ1n) is 12.8. The zero-order valence-corrected chi connectivity index (χ0v) is 22.1. The quantitative estimate of drug-likeness (QED) is 0.312. The number of hydrogen-bond acceptors (Lipinski definition) is 8. The van der Waals surface area contributed by atoms with Crippen LogP contribution < -0.4 is 10.6 Å². The molecule has 1 aliphatic heterocycles. The molecule has 5 heterocycles. The normalized spacial score (nSPS) is 16.0. The van der Waals surface area contributed by atoms with E-state index in [1.165, 1.54) is 41.1 Å². The molecule has 5 aromatic rings. The third-order valence-electron chi connectivity index (χ3n) is 7.19. The van der Waals surface area contributed by atoms with Gasteiger partial charge in [-0.2, -0.15) is 9.97 Å². The Morgan fingerprint density at radius 3 is 2.70 bits per heavy atom. The Balaban J connectivity index is 1.78. The molecule has 6 rings (SSSR count). The van der Waals surface area contributed by atoms with Crippen LogP contribution in [0.3, 0.4) is 0 Å². The van der Waals surface area contributed by atoms with Gasteiger partial charge in [-0.3, -0.25) is 4.79 Å². The van der Waals surface area contributed by atoms with Gasteiger partial charge in [0.15, 0.2) is 11.5 Å². The molecule has 0 N–H and O–H groups in total. The fourth-order valence-corrected chi connectivity index (χ4v) is 5.31. The Hall–Kier alpha value is -4.74. The molecule has 0 spiro atoms. The first-order chi connectivity index (χ1) is 19.2. The molecule has 204 valence electrons. The maximum atomic E-state index is 15.8. The van der Waals surface area contributed by atoms with E-state index in [9.17, 15) is 9.59 Å². The van der Waals surface area contributed by atoms with E-state index in [-0.39, 0.29) is 62.4 Å². The minimum absolute atomic E-state index is 0.00826. The van der Waals surface area contributed by atoms with Gasteiger partial charge < -0.3 is 14.2 Å². The number of nitrogens with zero attached hydrogens (tertiary/aromatic N) is 7. The Morgan fingerprint density at radius 1 is 1.18 bits per heavy atom. The van der Waals surface area contributed by atoms with E-state index in [1.54, 1.807) is 4.90 Å². The summed E-state index contributed by atoms with van der Waals surface area (Å²) in [5.74, 6) is -1.72. The van der Waals surface area contributed by atoms with Crippen molar-refractivity contribution in [2.75, 3.05) is 24.5 Å². The predicted octanol–water partition coefficient (Wildman–Crippen LogP) is 4.12. The highest BCUT2D eigenvalue weighted by Gasteiger charge is 2.30. The van der Waals surface area contributed by atoms with Crippen LogP contribution in [-0.4, -0.2) is 60.8 Å². The van der Waals surface area contributed by atoms with Gasteiger partial charge in [0.1, 0.15) is 34.6 Å². The van der Waals surface area contributed by atoms with Crippen molar-refractivity contribution < 1.29 is 18.0 Å². The summed E-state index contributed by atoms with van der Waals surface area (Å²) in [5, 5.41) is 0.0437. The topological polar surface area (TPSA) is 110 Å². The molecule has 0 radical (unpaired) electrons. The van der Waals surface area contributed by atoms with E-state index >= 15 is 8.78 Å². The molecule has 0 unspecified atom stereocenters. The molecule has 40 heavy (non-hydrogen) atoms. The maximum Gasteiger partial charge on any atom is 0.356 e. The zero-order valence-electron chi connectivity index (χ0n) is 22.1. The van der Waals surface area contributed by atoms with Crippen molar-refractivity contribution in [1.82, 2.24) is 29.2 Å². The summed E-state index contributed by atoms with van der Waals surface area (Å²) in [7, 11) is 0. The molecule has 1 amide bonds. The molecule has 1 saturated heterocycles. The molecule has 0 saturated carbocycles. The van der Waals surface area contributed by atoms with Crippen molar-refractivity contribution in [3.05, 3.63) is 71.1 Å². The summed E-state index contributed by atoms with van der Waals surface area (Å²) >= 11 is 0. The fourth-order valence-electron chi connectivity index (χ4n) is 5.31. The van der Waals surface area contributed by atoms with Gasteiger partial charge in [-0.05, 0) is 37.1 Å². The van der Waals surface area contributed by atoms with Crippen LogP contribution in [-0.2, 0) is 4.79 Å². The molecule has 10 nitrogen and oxygen atoms in total. The average Bonchev–Trinajstić information content (AvgIpc) is 2.98. The van der Waals surface area contributed by atoms with Crippen molar-refractivity contribution in [2.24, 2.45) is 0 Å². The third-order valence-corrected chi connectivity index (χ3v) is 7.19. The van der Waals surface area contributed by atoms with Crippen molar-refractivity contribution in [2.45, 2.75) is 32.7 Å². The van der Waals surface area contributed by atoms with E-state index < -0.39 is 17.3 Å². The predicted molar refractivity (Wildman–Crippen MR) is 146 cm³/mol. The van der Waals surface area contributed by atoms with Gasteiger partial charge in [-0.15, -0.1) is 0 Å². The lowest BCUT2D eigenvalue weighted by Crippen LogP contribution is -2.54. The highest BCUT2D eigenvalue weighted by atomic mass is 19.1. The summed E-state index contributed by atoms with van der Waals surface area (Å²) in [6.45, 7) is 10.3. The zero-order chi connectivity index (χ0) is 28.3. The molecular weight excluding hydrogens is 520 g/mol. The van der Waals surface area contributed by atoms with Crippen LogP contribution >= 0.6 is 0 Å². The fraction of sp³-hybridized carbons (Fsp3) is 0.286. The summed E-state index contributed by atoms with van der Waals surface area (Å²) in [5.41, 5.74) is -0.321. The number of carbonyl (C=O) groups is 1. The SMILES string of the molecule is C=CC(=O)N1CCN(c2nc(=O)n3c4nc(c(F)cc24)c2c(F)cccc2oc2ncnc(C(C)C)c23)[C@@H](C)C1. The van der Waals surface area contributed by atoms with E-state index in [1.807, 2.05) is 25.7 Å². The number of anilines is 1. The summed E-state index contributed by atoms with van der Waals surface area (Å²) in [6, 6.07) is 5.06. The Kier molecular flexibility index (Phi) is 6.05. The second-order valence-electron chi connectivity index (χ2n) is 10.1. The lowest BCUT2D eigenvalue weighted by molar-refractivity contribution is -0.126. The molecule has 2 bridgehead atoms. The number of pyridine rings is 1. The van der Waals surface area contributed by atoms with Crippen LogP contribution in [0, 0.1) is 11.6 Å². The van der Waals surface area contributed by atoms with Gasteiger partial charge in [0.25, 0.3) is 0 Å². The van der Waals surface area contributed by atoms with Crippen LogP contribution in [0.4, 0.5) is 14.6 Å². The largest absolute Gasteiger partial charge is 0.436 e. The van der Waals surface area contributed by atoms with Gasteiger partial charge >= 0.3 is 5.69 Å². The van der Waals surface area contributed by atoms with Crippen molar-refractivity contribution >= 4 is 50.5 Å². The molecular formula is C28H25F2N7O3. The van der Waals surface area contributed by atoms with Crippen LogP contribution in [0.2, 0.25) is 0 Å². The average molecular weight is 546 g/mol. The Morgan fingerprint density at radius 2 is 1.98 bits per heavy atom. The third kappa shape index (κ3) is 3.90. The van der Waals surface area contributed by atoms with Crippen LogP contribution in [0.15, 0.2) is 52.5 Å². The maximum absolute atomic E-state index is 15.8. The molecule has 12 heteroatoms. The van der Waals surface area contributed by atoms with Crippen molar-refractivity contribution in [3.8, 4) is 0 Å². The standard InChI is InChI=1S/C28H25F2N7O3/c1-5-20(38)35-9-10-36(15(4)12-35)25-16-11-18(30)23-21-17(29)7-6-8-19(21)40-27-24(22(14(2)3)31-13-32-27)37(26(16)33-23)28(39)34-25/h5-8,11,13-15H,1,9-10,12H2,2-4H3/t15-/m0/s1. The molecule has 1 aliphatic rings. The molecule has 1 atom stereocenters. The summed E-state index contributed by atoms with van der Waals surface area (Å²) in [4.78, 5) is 47.1. The van der Waals surface area contributed by atoms with Gasteiger partial charge in [0.2, 0.25) is 11.6 Å². The number of carbonyl (C=O) groups excluding carboxylic acids is 1. The second-order valence-corrected chi connectivity index (χ2v) is 10.1. The molecule has 0 aliphatic carbocycles. The Bertz CT molecular complexity index is 1950. The number of fused-ring (bicyclic) bond motifs is 5. The summed E-state index contributed by atoms with van der Waals surface area (Å²) in [6.07, 6.45) is 2.55. The number of piperazine rings is 1. The number of aromatic nitrogens is 5. The first-order valence-corrected chi connectivity index (χ1v) is 12.8. The minimum Gasteiger partial charge on any atom is -0.436 e. The van der Waals surface area contributed by atoms with Gasteiger partial charge in [0, 0.05) is 25.7 Å². The first kappa shape index (κ1) is 25.5. The lowest BCUT2D eigenvalue weighted by atomic mass is 10.1. The van der Waals surface area contributed by atoms with E-state index in [2.05, 4.69) is 26.5 Å². The number of halogens is 2. The van der Waals surface area contributed by atoms with E-state index in [4.69, 9.17) is 4.42 Å². The van der Waals surface area contributed by atoms with Crippen LogP contribution in [0.5, 0.6) is 0 Å². The van der Waals surface area contributed by atoms with Crippen LogP contribution in [0.25, 0.3) is 38.7 Å². The highest BCUT2D eigenvalue weighted by molar-refractivity contribution is 5.99. The van der Waals surface area contributed by atoms with E-state index in [0.29, 0.717) is 25.3 Å². The molecule has 1 fully saturated rings. The van der Waals surface area contributed by atoms with Gasteiger partial charge in [0.05, 0.1) is 16.5 Å². The highest BCUT2D eigenvalue weighted by Crippen LogP contribution is 2.32. The second kappa shape index (κ2) is 9.47. The van der Waals surface area contributed by atoms with Crippen LogP contribution in [0.1, 0.15) is 32.4 Å². The number of rotatable bonds is 3. The number of hydrogen-bond donors (Lipinski definition) is 0. The lowest BCUT2D eigenvalue weighted by Gasteiger charge is -2.40. The number of benzene rings is 1. The monoisotopic (exact) mass is 545 g/mol. The van der Waals surface area contributed by atoms with Gasteiger partial charge in [-0.25, -0.2) is 27.9 Å².